The number of nitrogens with zero attached hydrogens (tertiary/aromatic N) is 2. The van der Waals surface area contributed by atoms with Crippen molar-refractivity contribution in [1.82, 2.24) is 4.90 Å². The smallest absolute Gasteiger partial charge is 0.0366 e. The maximum atomic E-state index is 2.52. The van der Waals surface area contributed by atoms with E-state index in [9.17, 15) is 0 Å². The van der Waals surface area contributed by atoms with Crippen LogP contribution in [-0.4, -0.2) is 38.1 Å². The van der Waals surface area contributed by atoms with Gasteiger partial charge in [-0.1, -0.05) is 32.1 Å². The molecule has 1 saturated heterocycles. The lowest BCUT2D eigenvalue weighted by Gasteiger charge is -2.28. The van der Waals surface area contributed by atoms with Gasteiger partial charge in [0.15, 0.2) is 0 Å². The minimum atomic E-state index is 0.814. The predicted molar refractivity (Wildman–Crippen MR) is 108 cm³/mol. The lowest BCUT2D eigenvalue weighted by Crippen LogP contribution is -2.29. The summed E-state index contributed by atoms with van der Waals surface area (Å²) in [4.78, 5) is 4.95. The van der Waals surface area contributed by atoms with Crippen molar-refractivity contribution in [3.63, 3.8) is 0 Å². The van der Waals surface area contributed by atoms with Crippen LogP contribution < -0.4 is 4.90 Å². The van der Waals surface area contributed by atoms with Crippen LogP contribution in [0.15, 0.2) is 30.3 Å². The highest BCUT2D eigenvalue weighted by Gasteiger charge is 2.10. The topological polar surface area (TPSA) is 6.48 Å². The van der Waals surface area contributed by atoms with E-state index in [1.54, 1.807) is 0 Å². The molecule has 2 heteroatoms. The van der Waals surface area contributed by atoms with Gasteiger partial charge in [0.2, 0.25) is 0 Å². The maximum absolute atomic E-state index is 2.52. The molecule has 0 saturated carbocycles. The summed E-state index contributed by atoms with van der Waals surface area (Å²) in [5, 5.41) is 0. The summed E-state index contributed by atoms with van der Waals surface area (Å²) in [6.07, 6.45) is 9.05. The molecule has 1 fully saturated rings. The zero-order valence-electron chi connectivity index (χ0n) is 16.2. The first kappa shape index (κ1) is 19.1. The van der Waals surface area contributed by atoms with Crippen molar-refractivity contribution in [2.24, 2.45) is 5.92 Å². The van der Waals surface area contributed by atoms with Gasteiger partial charge in [-0.3, -0.25) is 0 Å². The molecule has 0 bridgehead atoms. The van der Waals surface area contributed by atoms with Gasteiger partial charge in [-0.2, -0.15) is 0 Å². The first-order valence-corrected chi connectivity index (χ1v) is 9.77. The minimum Gasteiger partial charge on any atom is -0.372 e. The van der Waals surface area contributed by atoms with Crippen LogP contribution in [0.3, 0.4) is 0 Å². The molecule has 134 valence electrons. The number of hydrogen-bond donors (Lipinski definition) is 0. The summed E-state index contributed by atoms with van der Waals surface area (Å²) in [7, 11) is 2.23. The number of hydrogen-bond acceptors (Lipinski definition) is 2. The largest absolute Gasteiger partial charge is 0.372 e. The standard InChI is InChI=1S/C22H36N2/c1-19(2)9-8-15-23(4)18-14-20(3)21-10-12-22(13-11-21)24-16-6-5-7-17-24/h10-14,19H,5-9,15-18H2,1-4H3/b20-14+. The molecule has 1 aromatic carbocycles. The quantitative estimate of drug-likeness (QED) is 0.626. The number of likely N-dealkylation sites (N-methyl/N-ethyl adjacent to an activating group) is 1. The van der Waals surface area contributed by atoms with Crippen molar-refractivity contribution in [3.8, 4) is 0 Å². The van der Waals surface area contributed by atoms with Crippen molar-refractivity contribution < 1.29 is 0 Å². The maximum Gasteiger partial charge on any atom is 0.0366 e. The first-order chi connectivity index (χ1) is 11.6. The lowest BCUT2D eigenvalue weighted by atomic mass is 10.0. The van der Waals surface area contributed by atoms with Crippen LogP contribution in [0.4, 0.5) is 5.69 Å². The molecule has 0 aromatic heterocycles. The van der Waals surface area contributed by atoms with Crippen molar-refractivity contribution in [2.45, 2.75) is 52.9 Å². The van der Waals surface area contributed by atoms with Crippen LogP contribution in [0.2, 0.25) is 0 Å². The molecule has 1 aliphatic heterocycles. The molecule has 2 rings (SSSR count). The SMILES string of the molecule is C/C(=C\CN(C)CCCC(C)C)c1ccc(N2CCCCC2)cc1. The van der Waals surface area contributed by atoms with E-state index in [2.05, 4.69) is 68.0 Å². The van der Waals surface area contributed by atoms with E-state index >= 15 is 0 Å². The summed E-state index contributed by atoms with van der Waals surface area (Å²) in [6, 6.07) is 9.16. The Balaban J connectivity index is 1.83. The second-order valence-electron chi connectivity index (χ2n) is 7.78. The van der Waals surface area contributed by atoms with Crippen LogP contribution >= 0.6 is 0 Å². The van der Waals surface area contributed by atoms with E-state index < -0.39 is 0 Å². The van der Waals surface area contributed by atoms with Crippen molar-refractivity contribution >= 4 is 11.3 Å². The minimum absolute atomic E-state index is 0.814. The Morgan fingerprint density at radius 1 is 1.12 bits per heavy atom. The molecule has 24 heavy (non-hydrogen) atoms. The number of allylic oxidation sites excluding steroid dienone is 1. The highest BCUT2D eigenvalue weighted by Crippen LogP contribution is 2.22. The van der Waals surface area contributed by atoms with Crippen LogP contribution in [0.1, 0.15) is 58.4 Å². The average Bonchev–Trinajstić information content (AvgIpc) is 2.60. The number of piperidine rings is 1. The third-order valence-electron chi connectivity index (χ3n) is 5.07. The molecule has 0 radical (unpaired) electrons. The van der Waals surface area contributed by atoms with Crippen LogP contribution in [-0.2, 0) is 0 Å². The third-order valence-corrected chi connectivity index (χ3v) is 5.07. The van der Waals surface area contributed by atoms with E-state index in [4.69, 9.17) is 0 Å². The van der Waals surface area contributed by atoms with E-state index in [-0.39, 0.29) is 0 Å². The van der Waals surface area contributed by atoms with Crippen LogP contribution in [0, 0.1) is 5.92 Å². The molecular formula is C22H36N2. The number of anilines is 1. The summed E-state index contributed by atoms with van der Waals surface area (Å²) < 4.78 is 0. The number of rotatable bonds is 8. The van der Waals surface area contributed by atoms with Crippen molar-refractivity contribution in [1.29, 1.82) is 0 Å². The fourth-order valence-electron chi connectivity index (χ4n) is 3.36. The lowest BCUT2D eigenvalue weighted by molar-refractivity contribution is 0.348. The van der Waals surface area contributed by atoms with E-state index in [1.807, 2.05) is 0 Å². The Bertz CT molecular complexity index is 495. The Morgan fingerprint density at radius 3 is 2.42 bits per heavy atom. The van der Waals surface area contributed by atoms with E-state index in [0.29, 0.717) is 0 Å². The Labute approximate surface area is 149 Å². The molecule has 0 N–H and O–H groups in total. The second kappa shape index (κ2) is 9.88. The molecular weight excluding hydrogens is 292 g/mol. The molecule has 0 atom stereocenters. The Morgan fingerprint density at radius 2 is 1.79 bits per heavy atom. The molecule has 1 aliphatic rings. The average molecular weight is 329 g/mol. The second-order valence-corrected chi connectivity index (χ2v) is 7.78. The summed E-state index contributed by atoms with van der Waals surface area (Å²) in [6.45, 7) is 11.5. The monoisotopic (exact) mass is 328 g/mol. The van der Waals surface area contributed by atoms with Crippen molar-refractivity contribution in [3.05, 3.63) is 35.9 Å². The van der Waals surface area contributed by atoms with Gasteiger partial charge in [-0.25, -0.2) is 0 Å². The highest BCUT2D eigenvalue weighted by molar-refractivity contribution is 5.66. The van der Waals surface area contributed by atoms with Gasteiger partial charge in [-0.15, -0.1) is 0 Å². The van der Waals surface area contributed by atoms with Gasteiger partial charge >= 0.3 is 0 Å². The summed E-state index contributed by atoms with van der Waals surface area (Å²) in [5.41, 5.74) is 4.12. The number of benzene rings is 1. The third kappa shape index (κ3) is 6.32. The molecule has 1 aromatic rings. The summed E-state index contributed by atoms with van der Waals surface area (Å²) in [5.74, 6) is 0.814. The zero-order valence-corrected chi connectivity index (χ0v) is 16.2. The van der Waals surface area contributed by atoms with Gasteiger partial charge in [-0.05, 0) is 81.8 Å². The molecule has 0 aliphatic carbocycles. The Hall–Kier alpha value is -1.28. The fourth-order valence-corrected chi connectivity index (χ4v) is 3.36. The Kier molecular flexibility index (Phi) is 7.84. The van der Waals surface area contributed by atoms with Gasteiger partial charge < -0.3 is 9.80 Å². The normalized spacial score (nSPS) is 16.2. The fraction of sp³-hybridized carbons (Fsp3) is 0.636. The van der Waals surface area contributed by atoms with Gasteiger partial charge in [0, 0.05) is 25.3 Å². The van der Waals surface area contributed by atoms with Gasteiger partial charge in [0.1, 0.15) is 0 Å². The molecule has 0 spiro atoms. The van der Waals surface area contributed by atoms with E-state index in [1.165, 1.54) is 68.6 Å². The van der Waals surface area contributed by atoms with Crippen LogP contribution in [0.25, 0.3) is 5.57 Å². The zero-order chi connectivity index (χ0) is 17.4. The molecule has 0 unspecified atom stereocenters. The molecule has 1 heterocycles. The van der Waals surface area contributed by atoms with E-state index in [0.717, 1.165) is 12.5 Å². The predicted octanol–water partition coefficient (Wildman–Crippen LogP) is 5.45. The highest BCUT2D eigenvalue weighted by atomic mass is 15.1. The van der Waals surface area contributed by atoms with Gasteiger partial charge in [0.25, 0.3) is 0 Å². The molecule has 0 amide bonds. The van der Waals surface area contributed by atoms with Gasteiger partial charge in [0.05, 0.1) is 0 Å². The summed E-state index contributed by atoms with van der Waals surface area (Å²) >= 11 is 0. The first-order valence-electron chi connectivity index (χ1n) is 9.77. The van der Waals surface area contributed by atoms with Crippen molar-refractivity contribution in [2.75, 3.05) is 38.1 Å². The molecule has 2 nitrogen and oxygen atoms in total. The van der Waals surface area contributed by atoms with Crippen LogP contribution in [0.5, 0.6) is 0 Å².